The Bertz CT molecular complexity index is 785. The summed E-state index contributed by atoms with van der Waals surface area (Å²) < 4.78 is 46.9. The number of nitrogens with zero attached hydrogens (tertiary/aromatic N) is 3. The third kappa shape index (κ3) is 4.11. The van der Waals surface area contributed by atoms with Crippen LogP contribution in [0.25, 0.3) is 5.53 Å². The minimum absolute atomic E-state index is 0.165. The van der Waals surface area contributed by atoms with Crippen molar-refractivity contribution >= 4 is 18.1 Å². The van der Waals surface area contributed by atoms with Crippen molar-refractivity contribution in [2.75, 3.05) is 6.54 Å². The van der Waals surface area contributed by atoms with E-state index in [1.54, 1.807) is 20.8 Å². The minimum atomic E-state index is -1.36. The number of hydrogen-bond donors (Lipinski definition) is 0. The Labute approximate surface area is 148 Å². The molecule has 1 saturated heterocycles. The normalized spacial score (nSPS) is 19.8. The average Bonchev–Trinajstić information content (AvgIpc) is 2.95. The molecule has 0 spiro atoms. The number of benzene rings is 1. The van der Waals surface area contributed by atoms with E-state index in [4.69, 9.17) is 10.3 Å². The van der Waals surface area contributed by atoms with Crippen LogP contribution in [0.2, 0.25) is 0 Å². The monoisotopic (exact) mass is 369 g/mol. The first-order chi connectivity index (χ1) is 12.0. The number of carbonyl (C=O) groups is 2. The topological polar surface area (TPSA) is 83.0 Å². The summed E-state index contributed by atoms with van der Waals surface area (Å²) in [7, 11) is 0. The van der Waals surface area contributed by atoms with Gasteiger partial charge in [-0.05, 0) is 39.3 Å². The molecule has 2 rings (SSSR count). The predicted octanol–water partition coefficient (Wildman–Crippen LogP) is 3.07. The molecule has 1 amide bonds. The molecule has 0 radical (unpaired) electrons. The molecule has 1 aromatic carbocycles. The van der Waals surface area contributed by atoms with E-state index in [2.05, 4.69) is 4.79 Å². The fourth-order valence-corrected chi connectivity index (χ4v) is 2.90. The molecule has 0 aromatic heterocycles. The Kier molecular flexibility index (Phi) is 5.51. The molecule has 2 atom stereocenters. The molecule has 1 heterocycles. The van der Waals surface area contributed by atoms with Crippen LogP contribution in [0.5, 0.6) is 0 Å². The number of amides is 1. The molecule has 0 saturated carbocycles. The molecule has 9 heteroatoms. The van der Waals surface area contributed by atoms with Gasteiger partial charge in [-0.2, -0.15) is 4.79 Å². The number of likely N-dealkylation sites (tertiary alicyclic amines) is 1. The molecule has 0 bridgehead atoms. The first-order valence-electron chi connectivity index (χ1n) is 7.89. The van der Waals surface area contributed by atoms with Gasteiger partial charge in [0.05, 0.1) is 0 Å². The third-order valence-electron chi connectivity index (χ3n) is 3.93. The van der Waals surface area contributed by atoms with Crippen molar-refractivity contribution in [2.24, 2.45) is 0 Å². The number of halogens is 3. The van der Waals surface area contributed by atoms with Gasteiger partial charge in [-0.15, -0.1) is 0 Å². The van der Waals surface area contributed by atoms with Gasteiger partial charge in [0.2, 0.25) is 0 Å². The average molecular weight is 369 g/mol. The second-order valence-corrected chi connectivity index (χ2v) is 6.98. The minimum Gasteiger partial charge on any atom is -0.444 e. The van der Waals surface area contributed by atoms with Crippen LogP contribution in [0.3, 0.4) is 0 Å². The molecule has 1 aliphatic heterocycles. The van der Waals surface area contributed by atoms with Crippen LogP contribution >= 0.6 is 0 Å². The zero-order valence-corrected chi connectivity index (χ0v) is 14.5. The second kappa shape index (κ2) is 7.29. The van der Waals surface area contributed by atoms with Gasteiger partial charge in [0.15, 0.2) is 11.6 Å². The van der Waals surface area contributed by atoms with Crippen molar-refractivity contribution in [1.29, 1.82) is 0 Å². The Morgan fingerprint density at radius 3 is 2.46 bits per heavy atom. The van der Waals surface area contributed by atoms with E-state index in [1.807, 2.05) is 0 Å². The van der Waals surface area contributed by atoms with E-state index in [0.29, 0.717) is 12.3 Å². The molecule has 1 fully saturated rings. The van der Waals surface area contributed by atoms with Gasteiger partial charge in [-0.25, -0.2) is 18.0 Å². The molecule has 26 heavy (non-hydrogen) atoms. The van der Waals surface area contributed by atoms with E-state index in [9.17, 15) is 22.8 Å². The van der Waals surface area contributed by atoms with Crippen molar-refractivity contribution < 1.29 is 32.3 Å². The van der Waals surface area contributed by atoms with Crippen LogP contribution in [-0.4, -0.2) is 46.0 Å². The lowest BCUT2D eigenvalue weighted by Crippen LogP contribution is -2.43. The molecule has 1 aliphatic rings. The lowest BCUT2D eigenvalue weighted by molar-refractivity contribution is -0.120. The van der Waals surface area contributed by atoms with E-state index >= 15 is 0 Å². The summed E-state index contributed by atoms with van der Waals surface area (Å²) in [4.78, 5) is 28.1. The largest absolute Gasteiger partial charge is 0.444 e. The molecular formula is C17H18F3N3O3. The first kappa shape index (κ1) is 19.7. The number of Topliss-reactive ketones (excluding diaryl/α,β-unsaturated/α-hetero) is 1. The van der Waals surface area contributed by atoms with E-state index < -0.39 is 52.5 Å². The van der Waals surface area contributed by atoms with Gasteiger partial charge in [-0.1, -0.05) is 0 Å². The van der Waals surface area contributed by atoms with E-state index in [1.165, 1.54) is 0 Å². The van der Waals surface area contributed by atoms with Crippen molar-refractivity contribution in [3.8, 4) is 0 Å². The number of rotatable bonds is 3. The van der Waals surface area contributed by atoms with Gasteiger partial charge in [0.25, 0.3) is 5.78 Å². The van der Waals surface area contributed by atoms with Crippen molar-refractivity contribution in [3.63, 3.8) is 0 Å². The molecule has 0 aliphatic carbocycles. The summed E-state index contributed by atoms with van der Waals surface area (Å²) in [5, 5.41) is 0. The lowest BCUT2D eigenvalue weighted by Gasteiger charge is -2.27. The Morgan fingerprint density at radius 1 is 1.27 bits per heavy atom. The van der Waals surface area contributed by atoms with Gasteiger partial charge >= 0.3 is 12.3 Å². The highest BCUT2D eigenvalue weighted by atomic mass is 19.2. The zero-order valence-electron chi connectivity index (χ0n) is 14.5. The maximum atomic E-state index is 14.1. The van der Waals surface area contributed by atoms with Crippen LogP contribution in [0.4, 0.5) is 18.0 Å². The van der Waals surface area contributed by atoms with Gasteiger partial charge < -0.3 is 10.3 Å². The van der Waals surface area contributed by atoms with Crippen LogP contribution in [0.15, 0.2) is 12.1 Å². The highest BCUT2D eigenvalue weighted by Gasteiger charge is 2.44. The van der Waals surface area contributed by atoms with Crippen LogP contribution in [0, 0.1) is 17.5 Å². The van der Waals surface area contributed by atoms with E-state index in [0.717, 1.165) is 11.0 Å². The summed E-state index contributed by atoms with van der Waals surface area (Å²) in [6.07, 6.45) is -0.425. The Balaban J connectivity index is 2.39. The lowest BCUT2D eigenvalue weighted by atomic mass is 9.94. The van der Waals surface area contributed by atoms with Crippen LogP contribution < -0.4 is 0 Å². The Hall–Kier alpha value is -2.67. The van der Waals surface area contributed by atoms with Crippen LogP contribution in [0.1, 0.15) is 38.7 Å². The molecule has 1 aromatic rings. The van der Waals surface area contributed by atoms with Crippen molar-refractivity contribution in [3.05, 3.63) is 40.7 Å². The number of hydrogen-bond acceptors (Lipinski definition) is 3. The van der Waals surface area contributed by atoms with Gasteiger partial charge in [-0.3, -0.25) is 9.69 Å². The molecular weight excluding hydrogens is 351 g/mol. The maximum Gasteiger partial charge on any atom is 0.410 e. The summed E-state index contributed by atoms with van der Waals surface area (Å²) in [5.74, 6) is -5.25. The number of ketones is 1. The van der Waals surface area contributed by atoms with Crippen LogP contribution in [-0.2, 0) is 9.53 Å². The third-order valence-corrected chi connectivity index (χ3v) is 3.93. The SMILES string of the molecule is CC(C)(C)OC(=O)N1C[C@@H](c2c(F)ccc(F)c2F)C[C@@H]1C(=O)C=[N+]=[N-]. The molecule has 140 valence electrons. The smallest absolute Gasteiger partial charge is 0.410 e. The predicted molar refractivity (Wildman–Crippen MR) is 85.1 cm³/mol. The fraction of sp³-hybridized carbons (Fsp3) is 0.471. The van der Waals surface area contributed by atoms with E-state index in [-0.39, 0.29) is 13.0 Å². The maximum absolute atomic E-state index is 14.1. The zero-order chi connectivity index (χ0) is 19.6. The highest BCUT2D eigenvalue weighted by Crippen LogP contribution is 2.36. The summed E-state index contributed by atoms with van der Waals surface area (Å²) in [6, 6.07) is 0.305. The standard InChI is InChI=1S/C17H18F3N3O3/c1-17(2,3)26-16(25)23-8-9(6-12(23)13(24)7-22-21)14-10(18)4-5-11(19)15(14)20/h4-5,7,9,12H,6,8H2,1-3H3/t9-,12+/m0/s1. The second-order valence-electron chi connectivity index (χ2n) is 6.98. The molecule has 0 unspecified atom stereocenters. The number of carbonyl (C=O) groups excluding carboxylic acids is 2. The first-order valence-corrected chi connectivity index (χ1v) is 7.89. The van der Waals surface area contributed by atoms with Crippen molar-refractivity contribution in [1.82, 2.24) is 4.90 Å². The summed E-state index contributed by atoms with van der Waals surface area (Å²) >= 11 is 0. The van der Waals surface area contributed by atoms with Crippen molar-refractivity contribution in [2.45, 2.75) is 44.8 Å². The summed E-state index contributed by atoms with van der Waals surface area (Å²) in [6.45, 7) is 4.62. The molecule has 6 nitrogen and oxygen atoms in total. The highest BCUT2D eigenvalue weighted by molar-refractivity contribution is 6.28. The van der Waals surface area contributed by atoms with Gasteiger partial charge in [0, 0.05) is 18.0 Å². The summed E-state index contributed by atoms with van der Waals surface area (Å²) in [5.41, 5.74) is 7.17. The van der Waals surface area contributed by atoms with Gasteiger partial charge in [0.1, 0.15) is 17.5 Å². The molecule has 0 N–H and O–H groups in total. The Morgan fingerprint density at radius 2 is 1.88 bits per heavy atom. The number of ether oxygens (including phenoxy) is 1. The fourth-order valence-electron chi connectivity index (χ4n) is 2.90. The quantitative estimate of drug-likeness (QED) is 0.355.